The summed E-state index contributed by atoms with van der Waals surface area (Å²) in [6.45, 7) is 7.30. The number of nitrogens with one attached hydrogen (secondary N) is 5. The molecule has 6 rings (SSSR count). The van der Waals surface area contributed by atoms with Gasteiger partial charge in [0.25, 0.3) is 0 Å². The third-order valence-corrected chi connectivity index (χ3v) is 10.5. The maximum absolute atomic E-state index is 14.6. The van der Waals surface area contributed by atoms with Crippen LogP contribution < -0.4 is 26.0 Å². The van der Waals surface area contributed by atoms with Crippen LogP contribution in [0, 0.1) is 11.3 Å². The number of fused-ring (bicyclic) bond motifs is 18. The molecule has 1 fully saturated rings. The first-order valence-corrected chi connectivity index (χ1v) is 18.8. The minimum Gasteiger partial charge on any atom is -0.492 e. The maximum Gasteiger partial charge on any atom is 0.246 e. The van der Waals surface area contributed by atoms with Crippen LogP contribution in [0.15, 0.2) is 54.7 Å². The number of H-pyrrole nitrogens is 1. The van der Waals surface area contributed by atoms with E-state index in [9.17, 15) is 24.0 Å². The van der Waals surface area contributed by atoms with E-state index >= 15 is 0 Å². The fraction of sp³-hybridized carbons (Fsp3) is 0.525. The minimum absolute atomic E-state index is 0.0538. The number of ether oxygens (including phenoxy) is 2. The Kier molecular flexibility index (Phi) is 13.7. The third-order valence-electron chi connectivity index (χ3n) is 10.5. The van der Waals surface area contributed by atoms with Crippen molar-refractivity contribution >= 4 is 40.4 Å². The normalized spacial score (nSPS) is 22.3. The molecule has 0 spiro atoms. The molecule has 1 aromatic heterocycles. The number of hydrogen-bond acceptors (Lipinski definition) is 8. The van der Waals surface area contributed by atoms with Gasteiger partial charge >= 0.3 is 0 Å². The number of rotatable bonds is 8. The average molecular weight is 746 g/mol. The molecule has 3 aliphatic rings. The van der Waals surface area contributed by atoms with E-state index in [-0.39, 0.29) is 63.4 Å². The standard InChI is InChI=1S/C40H55N7O7/c1-26(2)35-37(50)41-16-20-54-29-12-10-27(11-13-29)22-32(44-39(52)40(3)14-17-46(4)18-15-40)36(49)43-33(23-28-24-42-31-9-7-6-8-30(28)31)38(51)47(19-21-53-5)25-34(48)45-35/h6-13,24,26,32-33,35,42H,14-23,25H2,1-5H3,(H,41,50)(H,43,49)(H,44,52)(H,45,48)/t32-,33-,35-/m0/s1. The smallest absolute Gasteiger partial charge is 0.246 e. The molecule has 54 heavy (non-hydrogen) atoms. The van der Waals surface area contributed by atoms with Crippen molar-refractivity contribution in [2.75, 3.05) is 60.1 Å². The van der Waals surface area contributed by atoms with E-state index in [4.69, 9.17) is 9.47 Å². The highest BCUT2D eigenvalue weighted by Crippen LogP contribution is 2.31. The van der Waals surface area contributed by atoms with Gasteiger partial charge in [0.1, 0.15) is 30.5 Å². The fourth-order valence-corrected chi connectivity index (χ4v) is 6.90. The van der Waals surface area contributed by atoms with Crippen molar-refractivity contribution in [1.29, 1.82) is 0 Å². The SMILES string of the molecule is COCCN1CC(=O)N[C@@H](C(C)C)C(=O)NCCOc2ccc(cc2)C[C@H](NC(=O)C2(C)CCN(C)CC2)C(=O)N[C@@H](Cc2c[nH]c3ccccc23)C1=O. The minimum atomic E-state index is -1.12. The molecule has 292 valence electrons. The van der Waals surface area contributed by atoms with Crippen molar-refractivity contribution in [2.45, 2.75) is 64.6 Å². The summed E-state index contributed by atoms with van der Waals surface area (Å²) < 4.78 is 11.2. The molecule has 14 nitrogen and oxygen atoms in total. The second kappa shape index (κ2) is 18.4. The van der Waals surface area contributed by atoms with Crippen molar-refractivity contribution in [2.24, 2.45) is 11.3 Å². The van der Waals surface area contributed by atoms with Gasteiger partial charge in [0.2, 0.25) is 29.5 Å². The Hall–Kier alpha value is -4.95. The third kappa shape index (κ3) is 10.4. The number of aromatic amines is 1. The lowest BCUT2D eigenvalue weighted by molar-refractivity contribution is -0.141. The molecule has 14 heteroatoms. The van der Waals surface area contributed by atoms with Gasteiger partial charge in [-0.15, -0.1) is 0 Å². The summed E-state index contributed by atoms with van der Waals surface area (Å²) in [4.78, 5) is 76.5. The highest BCUT2D eigenvalue weighted by atomic mass is 16.5. The fourth-order valence-electron chi connectivity index (χ4n) is 6.90. The second-order valence-corrected chi connectivity index (χ2v) is 15.0. The largest absolute Gasteiger partial charge is 0.492 e. The highest BCUT2D eigenvalue weighted by molar-refractivity contribution is 5.96. The van der Waals surface area contributed by atoms with Gasteiger partial charge in [-0.2, -0.15) is 0 Å². The molecule has 0 aliphatic carbocycles. The Bertz CT molecular complexity index is 1770. The van der Waals surface area contributed by atoms with Crippen LogP contribution in [0.4, 0.5) is 0 Å². The zero-order valence-electron chi connectivity index (χ0n) is 32.0. The second-order valence-electron chi connectivity index (χ2n) is 15.0. The predicted octanol–water partition coefficient (Wildman–Crippen LogP) is 1.78. The van der Waals surface area contributed by atoms with E-state index in [1.807, 2.05) is 70.4 Å². The number of benzene rings is 2. The Morgan fingerprint density at radius 2 is 1.74 bits per heavy atom. The van der Waals surface area contributed by atoms with Gasteiger partial charge in [0, 0.05) is 49.0 Å². The van der Waals surface area contributed by atoms with E-state index in [1.54, 1.807) is 12.1 Å². The van der Waals surface area contributed by atoms with Gasteiger partial charge in [-0.1, -0.05) is 51.1 Å². The Labute approximate surface area is 317 Å². The van der Waals surface area contributed by atoms with E-state index in [1.165, 1.54) is 12.0 Å². The van der Waals surface area contributed by atoms with Gasteiger partial charge in [-0.05, 0) is 68.2 Å². The first kappa shape index (κ1) is 40.2. The number of hydrogen-bond donors (Lipinski definition) is 5. The van der Waals surface area contributed by atoms with E-state index in [0.29, 0.717) is 18.6 Å². The lowest BCUT2D eigenvalue weighted by atomic mass is 9.79. The molecule has 2 bridgehead atoms. The first-order chi connectivity index (χ1) is 25.9. The summed E-state index contributed by atoms with van der Waals surface area (Å²) in [6, 6.07) is 11.9. The summed E-state index contributed by atoms with van der Waals surface area (Å²) in [5, 5.41) is 12.6. The molecule has 4 heterocycles. The quantitative estimate of drug-likeness (QED) is 0.217. The zero-order valence-corrected chi connectivity index (χ0v) is 32.0. The number of carbonyl (C=O) groups is 5. The molecule has 3 aliphatic heterocycles. The van der Waals surface area contributed by atoms with Crippen LogP contribution in [-0.4, -0.2) is 123 Å². The summed E-state index contributed by atoms with van der Waals surface area (Å²) in [5.74, 6) is -1.83. The summed E-state index contributed by atoms with van der Waals surface area (Å²) in [5.41, 5.74) is 1.77. The van der Waals surface area contributed by atoms with E-state index in [2.05, 4.69) is 31.2 Å². The number of methoxy groups -OCH3 is 1. The van der Waals surface area contributed by atoms with Gasteiger partial charge in [-0.25, -0.2) is 0 Å². The molecular formula is C40H55N7O7. The molecule has 0 radical (unpaired) electrons. The molecule has 5 N–H and O–H groups in total. The number of amides is 5. The zero-order chi connectivity index (χ0) is 38.8. The maximum atomic E-state index is 14.6. The van der Waals surface area contributed by atoms with Crippen molar-refractivity contribution in [1.82, 2.24) is 36.1 Å². The van der Waals surface area contributed by atoms with Crippen LogP contribution in [0.25, 0.3) is 10.9 Å². The van der Waals surface area contributed by atoms with Crippen molar-refractivity contribution < 1.29 is 33.4 Å². The number of carbonyl (C=O) groups excluding carboxylic acids is 5. The summed E-state index contributed by atoms with van der Waals surface area (Å²) >= 11 is 0. The molecule has 5 amide bonds. The number of likely N-dealkylation sites (tertiary alicyclic amines) is 1. The predicted molar refractivity (Wildman–Crippen MR) is 205 cm³/mol. The Morgan fingerprint density at radius 3 is 2.44 bits per heavy atom. The Morgan fingerprint density at radius 1 is 1.02 bits per heavy atom. The molecule has 0 saturated carbocycles. The molecule has 2 aromatic carbocycles. The molecule has 1 saturated heterocycles. The van der Waals surface area contributed by atoms with Crippen LogP contribution >= 0.6 is 0 Å². The first-order valence-electron chi connectivity index (χ1n) is 18.8. The topological polar surface area (TPSA) is 174 Å². The monoisotopic (exact) mass is 745 g/mol. The number of piperidine rings is 1. The van der Waals surface area contributed by atoms with Crippen molar-refractivity contribution in [3.8, 4) is 5.75 Å². The van der Waals surface area contributed by atoms with Crippen LogP contribution in [0.2, 0.25) is 0 Å². The van der Waals surface area contributed by atoms with Gasteiger partial charge in [0.05, 0.1) is 19.7 Å². The molecule has 0 unspecified atom stereocenters. The van der Waals surface area contributed by atoms with Gasteiger partial charge in [-0.3, -0.25) is 24.0 Å². The van der Waals surface area contributed by atoms with Crippen LogP contribution in [0.5, 0.6) is 5.75 Å². The van der Waals surface area contributed by atoms with Crippen LogP contribution in [0.1, 0.15) is 44.7 Å². The van der Waals surface area contributed by atoms with Crippen molar-refractivity contribution in [3.05, 3.63) is 65.9 Å². The van der Waals surface area contributed by atoms with Gasteiger partial charge < -0.3 is 45.5 Å². The molecule has 3 atom stereocenters. The van der Waals surface area contributed by atoms with Crippen molar-refractivity contribution in [3.63, 3.8) is 0 Å². The average Bonchev–Trinajstić information content (AvgIpc) is 3.57. The number of nitrogens with zero attached hydrogens (tertiary/aromatic N) is 2. The molecular weight excluding hydrogens is 690 g/mol. The van der Waals surface area contributed by atoms with Crippen LogP contribution in [0.3, 0.4) is 0 Å². The summed E-state index contributed by atoms with van der Waals surface area (Å²) in [7, 11) is 3.52. The highest BCUT2D eigenvalue weighted by Gasteiger charge is 2.39. The van der Waals surface area contributed by atoms with E-state index < -0.39 is 41.3 Å². The number of para-hydroxylation sites is 1. The lowest BCUT2D eigenvalue weighted by Crippen LogP contribution is -2.59. The number of aromatic nitrogens is 1. The van der Waals surface area contributed by atoms with E-state index in [0.717, 1.165) is 35.1 Å². The lowest BCUT2D eigenvalue weighted by Gasteiger charge is -2.37. The van der Waals surface area contributed by atoms with Crippen LogP contribution in [-0.2, 0) is 41.6 Å². The molecule has 3 aromatic rings. The Balaban J connectivity index is 1.51. The summed E-state index contributed by atoms with van der Waals surface area (Å²) in [6.07, 6.45) is 3.36. The van der Waals surface area contributed by atoms with Gasteiger partial charge in [0.15, 0.2) is 0 Å².